The fraction of sp³-hybridized carbons (Fsp3) is 0.583. The summed E-state index contributed by atoms with van der Waals surface area (Å²) in [6.45, 7) is 8.27. The van der Waals surface area contributed by atoms with Gasteiger partial charge in [0, 0.05) is 67.9 Å². The first-order chi connectivity index (χ1) is 16.7. The van der Waals surface area contributed by atoms with Crippen LogP contribution in [0.3, 0.4) is 0 Å². The van der Waals surface area contributed by atoms with Gasteiger partial charge < -0.3 is 24.0 Å². The van der Waals surface area contributed by atoms with Crippen LogP contribution in [0.4, 0.5) is 16.2 Å². The molecule has 11 nitrogen and oxygen atoms in total. The maximum Gasteiger partial charge on any atom is 0.410 e. The lowest BCUT2D eigenvalue weighted by molar-refractivity contribution is -0.385. The molecule has 11 heteroatoms. The lowest BCUT2D eigenvalue weighted by Crippen LogP contribution is -2.50. The van der Waals surface area contributed by atoms with E-state index in [4.69, 9.17) is 14.2 Å². The molecule has 1 aromatic carbocycles. The van der Waals surface area contributed by atoms with E-state index in [9.17, 15) is 14.9 Å². The number of anilines is 1. The number of methoxy groups -OCH3 is 1. The summed E-state index contributed by atoms with van der Waals surface area (Å²) in [7, 11) is 1.42. The summed E-state index contributed by atoms with van der Waals surface area (Å²) >= 11 is 0. The normalized spacial score (nSPS) is 18.9. The van der Waals surface area contributed by atoms with Gasteiger partial charge in [-0.1, -0.05) is 0 Å². The van der Waals surface area contributed by atoms with Crippen molar-refractivity contribution in [2.24, 2.45) is 0 Å². The van der Waals surface area contributed by atoms with Crippen LogP contribution in [0, 0.1) is 10.1 Å². The second kappa shape index (κ2) is 10.1. The van der Waals surface area contributed by atoms with Gasteiger partial charge in [-0.25, -0.2) is 9.48 Å². The van der Waals surface area contributed by atoms with Crippen molar-refractivity contribution < 1.29 is 23.9 Å². The number of benzene rings is 1. The second-order valence-corrected chi connectivity index (χ2v) is 9.78. The van der Waals surface area contributed by atoms with Gasteiger partial charge in [0.1, 0.15) is 11.8 Å². The van der Waals surface area contributed by atoms with Gasteiger partial charge >= 0.3 is 11.8 Å². The van der Waals surface area contributed by atoms with Gasteiger partial charge in [-0.2, -0.15) is 5.10 Å². The van der Waals surface area contributed by atoms with Gasteiger partial charge in [0.05, 0.1) is 18.2 Å². The molecule has 2 aromatic rings. The SMILES string of the molecule is COc1cc(N2CCN(C(=O)OC(C)(C)C)CC2)c(-c2cnn(C3CCCCO3)c2)cc1[N+](=O)[O-]. The molecule has 1 atom stereocenters. The Balaban J connectivity index is 1.62. The molecule has 0 N–H and O–H groups in total. The molecule has 2 aliphatic rings. The van der Waals surface area contributed by atoms with Crippen LogP contribution in [-0.2, 0) is 9.47 Å². The molecule has 0 spiro atoms. The van der Waals surface area contributed by atoms with Crippen molar-refractivity contribution in [3.8, 4) is 16.9 Å². The Labute approximate surface area is 204 Å². The van der Waals surface area contributed by atoms with Crippen molar-refractivity contribution in [3.63, 3.8) is 0 Å². The predicted octanol–water partition coefficient (Wildman–Crippen LogP) is 4.22. The molecule has 190 valence electrons. The summed E-state index contributed by atoms with van der Waals surface area (Å²) < 4.78 is 18.5. The van der Waals surface area contributed by atoms with Gasteiger partial charge in [0.2, 0.25) is 0 Å². The highest BCUT2D eigenvalue weighted by atomic mass is 16.6. The maximum atomic E-state index is 12.5. The molecule has 0 bridgehead atoms. The minimum absolute atomic E-state index is 0.111. The van der Waals surface area contributed by atoms with Crippen molar-refractivity contribution in [3.05, 3.63) is 34.6 Å². The number of hydrogen-bond donors (Lipinski definition) is 0. The van der Waals surface area contributed by atoms with E-state index in [1.165, 1.54) is 13.2 Å². The number of carbonyl (C=O) groups excluding carboxylic acids is 1. The van der Waals surface area contributed by atoms with E-state index in [1.54, 1.807) is 21.8 Å². The molecule has 0 saturated carbocycles. The summed E-state index contributed by atoms with van der Waals surface area (Å²) in [5, 5.41) is 16.2. The molecule has 2 aliphatic heterocycles. The molecular weight excluding hydrogens is 454 g/mol. The van der Waals surface area contributed by atoms with E-state index in [1.807, 2.05) is 27.0 Å². The standard InChI is InChI=1S/C24H33N5O6/c1-24(2,3)35-23(30)27-10-8-26(9-11-27)19-14-21(33-4)20(29(31)32)13-18(19)17-15-25-28(16-17)22-7-5-6-12-34-22/h13-16,22H,5-12H2,1-4H3. The lowest BCUT2D eigenvalue weighted by Gasteiger charge is -2.37. The van der Waals surface area contributed by atoms with Crippen molar-refractivity contribution in [1.82, 2.24) is 14.7 Å². The third-order valence-electron chi connectivity index (χ3n) is 6.13. The minimum atomic E-state index is -0.560. The van der Waals surface area contributed by atoms with E-state index in [0.717, 1.165) is 30.5 Å². The Morgan fingerprint density at radius 3 is 2.54 bits per heavy atom. The zero-order chi connectivity index (χ0) is 25.2. The average molecular weight is 488 g/mol. The van der Waals surface area contributed by atoms with Gasteiger partial charge in [0.15, 0.2) is 5.75 Å². The lowest BCUT2D eigenvalue weighted by atomic mass is 10.0. The number of amides is 1. The highest BCUT2D eigenvalue weighted by molar-refractivity contribution is 5.83. The van der Waals surface area contributed by atoms with Gasteiger partial charge in [-0.05, 0) is 40.0 Å². The van der Waals surface area contributed by atoms with Gasteiger partial charge in [0.25, 0.3) is 0 Å². The number of piperazine rings is 1. The summed E-state index contributed by atoms with van der Waals surface area (Å²) in [5.74, 6) is 0.186. The van der Waals surface area contributed by atoms with Gasteiger partial charge in [-0.3, -0.25) is 10.1 Å². The monoisotopic (exact) mass is 487 g/mol. The summed E-state index contributed by atoms with van der Waals surface area (Å²) in [5.41, 5.74) is 1.57. The maximum absolute atomic E-state index is 12.5. The van der Waals surface area contributed by atoms with Crippen molar-refractivity contribution in [2.75, 3.05) is 44.8 Å². The van der Waals surface area contributed by atoms with Crippen LogP contribution in [0.2, 0.25) is 0 Å². The fourth-order valence-corrected chi connectivity index (χ4v) is 4.38. The first kappa shape index (κ1) is 24.8. The Hall–Kier alpha value is -3.34. The molecule has 0 radical (unpaired) electrons. The minimum Gasteiger partial charge on any atom is -0.490 e. The first-order valence-electron chi connectivity index (χ1n) is 11.9. The number of nitro benzene ring substituents is 1. The van der Waals surface area contributed by atoms with Crippen LogP contribution >= 0.6 is 0 Å². The number of hydrogen-bond acceptors (Lipinski definition) is 8. The zero-order valence-corrected chi connectivity index (χ0v) is 20.7. The third-order valence-corrected chi connectivity index (χ3v) is 6.13. The Kier molecular flexibility index (Phi) is 7.15. The van der Waals surface area contributed by atoms with E-state index in [2.05, 4.69) is 10.00 Å². The second-order valence-electron chi connectivity index (χ2n) is 9.78. The Morgan fingerprint density at radius 2 is 1.94 bits per heavy atom. The zero-order valence-electron chi connectivity index (χ0n) is 20.7. The van der Waals surface area contributed by atoms with Crippen molar-refractivity contribution in [1.29, 1.82) is 0 Å². The van der Waals surface area contributed by atoms with Crippen molar-refractivity contribution in [2.45, 2.75) is 51.9 Å². The number of nitrogens with zero attached hydrogens (tertiary/aromatic N) is 5. The Bertz CT molecular complexity index is 1060. The average Bonchev–Trinajstić information content (AvgIpc) is 3.33. The third kappa shape index (κ3) is 5.67. The van der Waals surface area contributed by atoms with Crippen LogP contribution in [0.1, 0.15) is 46.3 Å². The molecule has 3 heterocycles. The van der Waals surface area contributed by atoms with E-state index in [-0.39, 0.29) is 23.8 Å². The topological polar surface area (TPSA) is 112 Å². The highest BCUT2D eigenvalue weighted by Gasteiger charge is 2.29. The molecule has 0 aliphatic carbocycles. The molecule has 2 saturated heterocycles. The number of ether oxygens (including phenoxy) is 3. The van der Waals surface area contributed by atoms with Crippen LogP contribution in [-0.4, -0.2) is 71.2 Å². The van der Waals surface area contributed by atoms with E-state index < -0.39 is 10.5 Å². The molecule has 2 fully saturated rings. The molecule has 1 amide bonds. The molecule has 4 rings (SSSR count). The Morgan fingerprint density at radius 1 is 1.20 bits per heavy atom. The number of carbonyl (C=O) groups is 1. The largest absolute Gasteiger partial charge is 0.490 e. The number of rotatable bonds is 5. The molecule has 35 heavy (non-hydrogen) atoms. The van der Waals surface area contributed by atoms with Crippen LogP contribution in [0.25, 0.3) is 11.1 Å². The smallest absolute Gasteiger partial charge is 0.410 e. The quantitative estimate of drug-likeness (QED) is 0.455. The number of nitro groups is 1. The number of aromatic nitrogens is 2. The van der Waals surface area contributed by atoms with Gasteiger partial charge in [-0.15, -0.1) is 0 Å². The van der Waals surface area contributed by atoms with Crippen molar-refractivity contribution >= 4 is 17.5 Å². The predicted molar refractivity (Wildman–Crippen MR) is 130 cm³/mol. The molecule has 1 unspecified atom stereocenters. The molecule has 1 aromatic heterocycles. The summed E-state index contributed by atoms with van der Waals surface area (Å²) in [6.07, 6.45) is 6.10. The molecular formula is C24H33N5O6. The van der Waals surface area contributed by atoms with Crippen LogP contribution in [0.5, 0.6) is 5.75 Å². The highest BCUT2D eigenvalue weighted by Crippen LogP contribution is 2.41. The summed E-state index contributed by atoms with van der Waals surface area (Å²) in [4.78, 5) is 27.6. The van der Waals surface area contributed by atoms with E-state index >= 15 is 0 Å². The van der Waals surface area contributed by atoms with Crippen LogP contribution in [0.15, 0.2) is 24.5 Å². The van der Waals surface area contributed by atoms with Crippen LogP contribution < -0.4 is 9.64 Å². The summed E-state index contributed by atoms with van der Waals surface area (Å²) in [6, 6.07) is 3.24. The fourth-order valence-electron chi connectivity index (χ4n) is 4.38. The van der Waals surface area contributed by atoms with E-state index in [0.29, 0.717) is 38.3 Å². The first-order valence-corrected chi connectivity index (χ1v) is 11.9.